The zero-order chi connectivity index (χ0) is 8.39. The molecule has 0 aromatic carbocycles. The van der Waals surface area contributed by atoms with Gasteiger partial charge in [0.1, 0.15) is 0 Å². The summed E-state index contributed by atoms with van der Waals surface area (Å²) < 4.78 is 0. The Morgan fingerprint density at radius 3 is 3.08 bits per heavy atom. The molecule has 1 aliphatic carbocycles. The van der Waals surface area contributed by atoms with Gasteiger partial charge in [-0.05, 0) is 12.3 Å². The van der Waals surface area contributed by atoms with E-state index in [2.05, 4.69) is 4.98 Å². The van der Waals surface area contributed by atoms with Gasteiger partial charge in [0.25, 0.3) is 0 Å². The van der Waals surface area contributed by atoms with Gasteiger partial charge in [-0.15, -0.1) is 11.3 Å². The monoisotopic (exact) mass is 181 g/mol. The number of thiazole rings is 1. The van der Waals surface area contributed by atoms with Crippen molar-refractivity contribution in [2.24, 2.45) is 5.92 Å². The van der Waals surface area contributed by atoms with Crippen molar-refractivity contribution in [1.29, 1.82) is 0 Å². The normalized spacial score (nSPS) is 17.3. The predicted octanol–water partition coefficient (Wildman–Crippen LogP) is 2.30. The average molecular weight is 181 g/mol. The van der Waals surface area contributed by atoms with Crippen molar-refractivity contribution in [2.45, 2.75) is 25.7 Å². The quantitative estimate of drug-likeness (QED) is 0.670. The molecule has 0 spiro atoms. The molecule has 2 rings (SSSR count). The van der Waals surface area contributed by atoms with E-state index in [1.807, 2.05) is 0 Å². The highest BCUT2D eigenvalue weighted by atomic mass is 32.1. The van der Waals surface area contributed by atoms with Gasteiger partial charge in [0.05, 0.1) is 16.1 Å². The largest absolute Gasteiger partial charge is 0.297 e. The first-order valence-electron chi connectivity index (χ1n) is 4.27. The van der Waals surface area contributed by atoms with Gasteiger partial charge in [-0.1, -0.05) is 19.3 Å². The number of carbonyl (C=O) groups excluding carboxylic acids is 1. The van der Waals surface area contributed by atoms with Crippen LogP contribution in [0.15, 0.2) is 5.51 Å². The van der Waals surface area contributed by atoms with Crippen molar-refractivity contribution in [1.82, 2.24) is 4.98 Å². The maximum absolute atomic E-state index is 10.5. The van der Waals surface area contributed by atoms with Crippen LogP contribution < -0.4 is 0 Å². The molecule has 1 aliphatic rings. The highest BCUT2D eigenvalue weighted by Crippen LogP contribution is 2.30. The second-order valence-corrected chi connectivity index (χ2v) is 4.17. The lowest BCUT2D eigenvalue weighted by atomic mass is 9.82. The molecule has 0 unspecified atom stereocenters. The lowest BCUT2D eigenvalue weighted by molar-refractivity contribution is 0.112. The number of aromatic nitrogens is 1. The molecule has 12 heavy (non-hydrogen) atoms. The third-order valence-electron chi connectivity index (χ3n) is 2.49. The van der Waals surface area contributed by atoms with E-state index in [1.165, 1.54) is 30.6 Å². The Kier molecular flexibility index (Phi) is 2.21. The molecule has 0 bridgehead atoms. The summed E-state index contributed by atoms with van der Waals surface area (Å²) in [5.74, 6) is 0.797. The van der Waals surface area contributed by atoms with Gasteiger partial charge >= 0.3 is 0 Å². The second kappa shape index (κ2) is 3.35. The predicted molar refractivity (Wildman–Crippen MR) is 48.5 cm³/mol. The van der Waals surface area contributed by atoms with Gasteiger partial charge in [0.15, 0.2) is 6.29 Å². The van der Waals surface area contributed by atoms with Crippen LogP contribution in [0.2, 0.25) is 0 Å². The van der Waals surface area contributed by atoms with E-state index in [9.17, 15) is 4.79 Å². The van der Waals surface area contributed by atoms with Crippen molar-refractivity contribution in [2.75, 3.05) is 0 Å². The van der Waals surface area contributed by atoms with Crippen LogP contribution in [-0.4, -0.2) is 11.3 Å². The van der Waals surface area contributed by atoms with Gasteiger partial charge in [-0.3, -0.25) is 4.79 Å². The van der Waals surface area contributed by atoms with Crippen molar-refractivity contribution in [3.8, 4) is 0 Å². The Morgan fingerprint density at radius 2 is 2.50 bits per heavy atom. The van der Waals surface area contributed by atoms with Crippen molar-refractivity contribution < 1.29 is 4.79 Å². The van der Waals surface area contributed by atoms with Crippen LogP contribution in [-0.2, 0) is 6.42 Å². The Balaban J connectivity index is 2.05. The van der Waals surface area contributed by atoms with Crippen LogP contribution >= 0.6 is 11.3 Å². The molecule has 0 saturated heterocycles. The SMILES string of the molecule is O=Cc1scnc1CC1CCC1. The second-order valence-electron chi connectivity index (χ2n) is 3.28. The maximum Gasteiger partial charge on any atom is 0.161 e. The van der Waals surface area contributed by atoms with E-state index in [0.717, 1.165) is 29.2 Å². The molecule has 1 saturated carbocycles. The Morgan fingerprint density at radius 1 is 1.67 bits per heavy atom. The summed E-state index contributed by atoms with van der Waals surface area (Å²) in [5, 5.41) is 0. The summed E-state index contributed by atoms with van der Waals surface area (Å²) >= 11 is 1.45. The Hall–Kier alpha value is -0.700. The number of nitrogens with zero attached hydrogens (tertiary/aromatic N) is 1. The van der Waals surface area contributed by atoms with Crippen molar-refractivity contribution >= 4 is 17.6 Å². The maximum atomic E-state index is 10.5. The molecule has 1 fully saturated rings. The highest BCUT2D eigenvalue weighted by Gasteiger charge is 2.20. The van der Waals surface area contributed by atoms with E-state index >= 15 is 0 Å². The third kappa shape index (κ3) is 1.41. The van der Waals surface area contributed by atoms with Gasteiger partial charge in [-0.2, -0.15) is 0 Å². The van der Waals surface area contributed by atoms with Crippen LogP contribution in [0, 0.1) is 5.92 Å². The van der Waals surface area contributed by atoms with Crippen LogP contribution in [0.25, 0.3) is 0 Å². The van der Waals surface area contributed by atoms with Gasteiger partial charge in [0.2, 0.25) is 0 Å². The van der Waals surface area contributed by atoms with Gasteiger partial charge < -0.3 is 0 Å². The standard InChI is InChI=1S/C9H11NOS/c11-5-9-8(10-6-12-9)4-7-2-1-3-7/h5-7H,1-4H2. The van der Waals surface area contributed by atoms with E-state index in [0.29, 0.717) is 0 Å². The average Bonchev–Trinajstić information content (AvgIpc) is 2.43. The molecule has 1 heterocycles. The summed E-state index contributed by atoms with van der Waals surface area (Å²) in [6.45, 7) is 0. The van der Waals surface area contributed by atoms with Crippen LogP contribution in [0.1, 0.15) is 34.6 Å². The minimum absolute atomic E-state index is 0.797. The molecule has 64 valence electrons. The molecule has 3 heteroatoms. The van der Waals surface area contributed by atoms with Gasteiger partial charge in [0, 0.05) is 0 Å². The van der Waals surface area contributed by atoms with E-state index in [1.54, 1.807) is 5.51 Å². The molecule has 1 aromatic rings. The summed E-state index contributed by atoms with van der Waals surface area (Å²) in [4.78, 5) is 15.6. The number of rotatable bonds is 3. The van der Waals surface area contributed by atoms with E-state index in [4.69, 9.17) is 0 Å². The molecule has 0 atom stereocenters. The van der Waals surface area contributed by atoms with Crippen LogP contribution in [0.4, 0.5) is 0 Å². The lowest BCUT2D eigenvalue weighted by Crippen LogP contribution is -2.14. The third-order valence-corrected chi connectivity index (χ3v) is 3.28. The Bertz CT molecular complexity index is 278. The topological polar surface area (TPSA) is 30.0 Å². The summed E-state index contributed by atoms with van der Waals surface area (Å²) in [7, 11) is 0. The minimum atomic E-state index is 0.797. The van der Waals surface area contributed by atoms with Crippen molar-refractivity contribution in [3.63, 3.8) is 0 Å². The number of aldehydes is 1. The number of hydrogen-bond acceptors (Lipinski definition) is 3. The molecule has 0 amide bonds. The fourth-order valence-corrected chi connectivity index (χ4v) is 2.12. The molecule has 0 aliphatic heterocycles. The number of carbonyl (C=O) groups is 1. The fraction of sp³-hybridized carbons (Fsp3) is 0.556. The molecular weight excluding hydrogens is 170 g/mol. The van der Waals surface area contributed by atoms with E-state index in [-0.39, 0.29) is 0 Å². The zero-order valence-electron chi connectivity index (χ0n) is 6.82. The molecule has 2 nitrogen and oxygen atoms in total. The van der Waals surface area contributed by atoms with E-state index < -0.39 is 0 Å². The van der Waals surface area contributed by atoms with Crippen molar-refractivity contribution in [3.05, 3.63) is 16.1 Å². The Labute approximate surface area is 75.6 Å². The first kappa shape index (κ1) is 7.92. The first-order valence-corrected chi connectivity index (χ1v) is 5.15. The van der Waals surface area contributed by atoms with Gasteiger partial charge in [-0.25, -0.2) is 4.98 Å². The molecule has 0 radical (unpaired) electrons. The van der Waals surface area contributed by atoms with Crippen LogP contribution in [0.5, 0.6) is 0 Å². The highest BCUT2D eigenvalue weighted by molar-refractivity contribution is 7.11. The lowest BCUT2D eigenvalue weighted by Gasteiger charge is -2.24. The minimum Gasteiger partial charge on any atom is -0.297 e. The first-order chi connectivity index (χ1) is 5.90. The van der Waals surface area contributed by atoms with Crippen LogP contribution in [0.3, 0.4) is 0 Å². The summed E-state index contributed by atoms with van der Waals surface area (Å²) in [6.07, 6.45) is 5.92. The molecule has 1 aromatic heterocycles. The fourth-order valence-electron chi connectivity index (χ4n) is 1.50. The zero-order valence-corrected chi connectivity index (χ0v) is 7.64. The summed E-state index contributed by atoms with van der Waals surface area (Å²) in [5.41, 5.74) is 2.78. The molecule has 0 N–H and O–H groups in total. The summed E-state index contributed by atoms with van der Waals surface area (Å²) in [6, 6.07) is 0. The number of hydrogen-bond donors (Lipinski definition) is 0. The smallest absolute Gasteiger partial charge is 0.161 e. The molecular formula is C9H11NOS.